The average Bonchev–Trinajstić information content (AvgIpc) is 3.19. The van der Waals surface area contributed by atoms with Gasteiger partial charge in [-0.2, -0.15) is 0 Å². The second-order valence-corrected chi connectivity index (χ2v) is 5.44. The molecule has 3 heteroatoms. The van der Waals surface area contributed by atoms with E-state index >= 15 is 0 Å². The summed E-state index contributed by atoms with van der Waals surface area (Å²) in [7, 11) is 1.98. The molecule has 0 radical (unpaired) electrons. The fourth-order valence-corrected chi connectivity index (χ4v) is 2.67. The first kappa shape index (κ1) is 12.0. The number of fused-ring (bicyclic) bond motifs is 1. The van der Waals surface area contributed by atoms with Crippen LogP contribution < -0.4 is 4.90 Å². The first-order chi connectivity index (χ1) is 9.12. The average molecular weight is 255 g/mol. The number of carboxylic acids is 1. The number of hydrogen-bond acceptors (Lipinski definition) is 2. The number of hydrogen-bond donors (Lipinski definition) is 1. The maximum absolute atomic E-state index is 11.3. The van der Waals surface area contributed by atoms with E-state index in [0.29, 0.717) is 6.54 Å². The number of aliphatic carboxylic acids is 1. The summed E-state index contributed by atoms with van der Waals surface area (Å²) in [6, 6.07) is 14.4. The van der Waals surface area contributed by atoms with Crippen LogP contribution in [0.2, 0.25) is 0 Å². The summed E-state index contributed by atoms with van der Waals surface area (Å²) in [4.78, 5) is 13.4. The Labute approximate surface area is 112 Å². The van der Waals surface area contributed by atoms with Crippen molar-refractivity contribution >= 4 is 22.4 Å². The van der Waals surface area contributed by atoms with E-state index in [1.54, 1.807) is 0 Å². The molecule has 0 spiro atoms. The van der Waals surface area contributed by atoms with Gasteiger partial charge in [-0.3, -0.25) is 4.79 Å². The number of carboxylic acid groups (broad SMARTS) is 1. The molecule has 0 aromatic heterocycles. The molecule has 3 rings (SSSR count). The van der Waals surface area contributed by atoms with Gasteiger partial charge in [0.2, 0.25) is 0 Å². The molecule has 0 bridgehead atoms. The predicted molar refractivity (Wildman–Crippen MR) is 76.5 cm³/mol. The Hall–Kier alpha value is -2.03. The van der Waals surface area contributed by atoms with Crippen molar-refractivity contribution in [1.82, 2.24) is 0 Å². The van der Waals surface area contributed by atoms with Crippen molar-refractivity contribution in [2.45, 2.75) is 12.8 Å². The zero-order valence-corrected chi connectivity index (χ0v) is 11.0. The molecule has 0 saturated heterocycles. The Balaban J connectivity index is 1.94. The lowest BCUT2D eigenvalue weighted by Crippen LogP contribution is -2.31. The molecule has 1 N–H and O–H groups in total. The standard InChI is InChI=1S/C16H17NO2/c1-17(11-16(9-10-16)15(18)19)14-8-4-6-12-5-2-3-7-13(12)14/h2-8H,9-11H2,1H3,(H,18,19). The molecule has 2 aromatic rings. The molecule has 0 aliphatic heterocycles. The number of anilines is 1. The van der Waals surface area contributed by atoms with E-state index in [2.05, 4.69) is 29.2 Å². The van der Waals surface area contributed by atoms with Gasteiger partial charge < -0.3 is 10.0 Å². The van der Waals surface area contributed by atoms with Gasteiger partial charge in [-0.1, -0.05) is 36.4 Å². The van der Waals surface area contributed by atoms with Crippen molar-refractivity contribution in [2.24, 2.45) is 5.41 Å². The van der Waals surface area contributed by atoms with E-state index in [9.17, 15) is 9.90 Å². The van der Waals surface area contributed by atoms with Gasteiger partial charge in [-0.15, -0.1) is 0 Å². The zero-order valence-electron chi connectivity index (χ0n) is 11.0. The van der Waals surface area contributed by atoms with Crippen LogP contribution in [-0.4, -0.2) is 24.7 Å². The van der Waals surface area contributed by atoms with E-state index in [1.165, 1.54) is 10.8 Å². The second kappa shape index (κ2) is 4.26. The summed E-state index contributed by atoms with van der Waals surface area (Å²) in [6.45, 7) is 0.580. The van der Waals surface area contributed by atoms with Crippen molar-refractivity contribution in [1.29, 1.82) is 0 Å². The molecule has 1 aliphatic rings. The van der Waals surface area contributed by atoms with Gasteiger partial charge in [-0.25, -0.2) is 0 Å². The Morgan fingerprint density at radius 1 is 1.21 bits per heavy atom. The minimum atomic E-state index is -0.667. The van der Waals surface area contributed by atoms with E-state index < -0.39 is 11.4 Å². The summed E-state index contributed by atoms with van der Waals surface area (Å²) >= 11 is 0. The molecule has 0 amide bonds. The first-order valence-corrected chi connectivity index (χ1v) is 6.55. The minimum absolute atomic E-state index is 0.522. The highest BCUT2D eigenvalue weighted by Gasteiger charge is 2.51. The van der Waals surface area contributed by atoms with Crippen molar-refractivity contribution in [3.05, 3.63) is 42.5 Å². The van der Waals surface area contributed by atoms with Gasteiger partial charge in [-0.05, 0) is 24.3 Å². The highest BCUT2D eigenvalue weighted by molar-refractivity contribution is 5.94. The maximum atomic E-state index is 11.3. The lowest BCUT2D eigenvalue weighted by molar-refractivity contribution is -0.142. The number of benzene rings is 2. The maximum Gasteiger partial charge on any atom is 0.311 e. The lowest BCUT2D eigenvalue weighted by Gasteiger charge is -2.24. The van der Waals surface area contributed by atoms with Gasteiger partial charge in [0.25, 0.3) is 0 Å². The second-order valence-electron chi connectivity index (χ2n) is 5.44. The van der Waals surface area contributed by atoms with Crippen molar-refractivity contribution in [3.8, 4) is 0 Å². The van der Waals surface area contributed by atoms with E-state index in [1.807, 2.05) is 25.2 Å². The lowest BCUT2D eigenvalue weighted by atomic mass is 10.0. The summed E-state index contributed by atoms with van der Waals surface area (Å²) in [5.74, 6) is -0.667. The van der Waals surface area contributed by atoms with Crippen molar-refractivity contribution < 1.29 is 9.90 Å². The molecule has 1 fully saturated rings. The van der Waals surface area contributed by atoms with Gasteiger partial charge >= 0.3 is 5.97 Å². The topological polar surface area (TPSA) is 40.5 Å². The summed E-state index contributed by atoms with van der Waals surface area (Å²) in [6.07, 6.45) is 1.58. The monoisotopic (exact) mass is 255 g/mol. The van der Waals surface area contributed by atoms with Crippen LogP contribution in [0.3, 0.4) is 0 Å². The van der Waals surface area contributed by atoms with Crippen LogP contribution in [0.5, 0.6) is 0 Å². The Bertz CT molecular complexity index is 626. The molecular formula is C16H17NO2. The number of carbonyl (C=O) groups is 1. The predicted octanol–water partition coefficient (Wildman–Crippen LogP) is 3.14. The van der Waals surface area contributed by atoms with Crippen LogP contribution in [-0.2, 0) is 4.79 Å². The van der Waals surface area contributed by atoms with Crippen LogP contribution in [0, 0.1) is 5.41 Å². The Kier molecular flexibility index (Phi) is 2.70. The van der Waals surface area contributed by atoms with Crippen LogP contribution in [0.25, 0.3) is 10.8 Å². The van der Waals surface area contributed by atoms with Crippen LogP contribution in [0.15, 0.2) is 42.5 Å². The third kappa shape index (κ3) is 2.05. The fourth-order valence-electron chi connectivity index (χ4n) is 2.67. The van der Waals surface area contributed by atoms with E-state index in [0.717, 1.165) is 18.5 Å². The highest BCUT2D eigenvalue weighted by Crippen LogP contribution is 2.47. The molecule has 3 nitrogen and oxygen atoms in total. The van der Waals surface area contributed by atoms with E-state index in [-0.39, 0.29) is 0 Å². The summed E-state index contributed by atoms with van der Waals surface area (Å²) < 4.78 is 0. The smallest absolute Gasteiger partial charge is 0.311 e. The van der Waals surface area contributed by atoms with Crippen LogP contribution >= 0.6 is 0 Å². The first-order valence-electron chi connectivity index (χ1n) is 6.55. The third-order valence-corrected chi connectivity index (χ3v) is 4.02. The summed E-state index contributed by atoms with van der Waals surface area (Å²) in [5.41, 5.74) is 0.580. The molecule has 2 aromatic carbocycles. The van der Waals surface area contributed by atoms with Crippen molar-refractivity contribution in [2.75, 3.05) is 18.5 Å². The van der Waals surface area contributed by atoms with Gasteiger partial charge in [0, 0.05) is 24.7 Å². The summed E-state index contributed by atoms with van der Waals surface area (Å²) in [5, 5.41) is 11.6. The van der Waals surface area contributed by atoms with E-state index in [4.69, 9.17) is 0 Å². The highest BCUT2D eigenvalue weighted by atomic mass is 16.4. The Morgan fingerprint density at radius 2 is 1.89 bits per heavy atom. The number of rotatable bonds is 4. The molecule has 19 heavy (non-hydrogen) atoms. The zero-order chi connectivity index (χ0) is 13.5. The molecule has 0 unspecified atom stereocenters. The SMILES string of the molecule is CN(CC1(C(=O)O)CC1)c1cccc2ccccc12. The molecule has 1 aliphatic carbocycles. The van der Waals surface area contributed by atoms with Gasteiger partial charge in [0.1, 0.15) is 0 Å². The molecule has 1 saturated carbocycles. The van der Waals surface area contributed by atoms with Crippen molar-refractivity contribution in [3.63, 3.8) is 0 Å². The fraction of sp³-hybridized carbons (Fsp3) is 0.312. The molecule has 0 heterocycles. The molecule has 0 atom stereocenters. The van der Waals surface area contributed by atoms with Gasteiger partial charge in [0.15, 0.2) is 0 Å². The minimum Gasteiger partial charge on any atom is -0.481 e. The Morgan fingerprint density at radius 3 is 2.58 bits per heavy atom. The quantitative estimate of drug-likeness (QED) is 0.912. The van der Waals surface area contributed by atoms with Gasteiger partial charge in [0.05, 0.1) is 5.41 Å². The largest absolute Gasteiger partial charge is 0.481 e. The third-order valence-electron chi connectivity index (χ3n) is 4.02. The van der Waals surface area contributed by atoms with Crippen LogP contribution in [0.4, 0.5) is 5.69 Å². The normalized spacial score (nSPS) is 16.3. The molecular weight excluding hydrogens is 238 g/mol. The molecule has 98 valence electrons. The van der Waals surface area contributed by atoms with Crippen LogP contribution in [0.1, 0.15) is 12.8 Å². The number of nitrogens with zero attached hydrogens (tertiary/aromatic N) is 1.